The Bertz CT molecular complexity index is 797. The Balaban J connectivity index is 2.09. The topological polar surface area (TPSA) is 26.0 Å². The maximum Gasteiger partial charge on any atom is 0.0314 e. The lowest BCUT2D eigenvalue weighted by atomic mass is 9.98. The van der Waals surface area contributed by atoms with E-state index in [1.807, 2.05) is 12.1 Å². The minimum absolute atomic E-state index is 0.542. The minimum Gasteiger partial charge on any atom is -0.399 e. The Morgan fingerprint density at radius 1 is 0.870 bits per heavy atom. The number of fused-ring (bicyclic) bond motifs is 1. The van der Waals surface area contributed by atoms with Gasteiger partial charge >= 0.3 is 0 Å². The Labute approximate surface area is 139 Å². The molecule has 0 unspecified atom stereocenters. The van der Waals surface area contributed by atoms with Crippen molar-refractivity contribution in [2.45, 2.75) is 40.0 Å². The number of aryl methyl sites for hydroxylation is 2. The molecule has 1 heteroatoms. The zero-order chi connectivity index (χ0) is 16.6. The molecule has 0 aliphatic heterocycles. The summed E-state index contributed by atoms with van der Waals surface area (Å²) in [5.41, 5.74) is 16.3. The molecule has 0 bridgehead atoms. The van der Waals surface area contributed by atoms with Crippen LogP contribution in [-0.2, 0) is 6.42 Å². The number of hydrogen-bond donors (Lipinski definition) is 1. The van der Waals surface area contributed by atoms with Crippen molar-refractivity contribution in [1.29, 1.82) is 0 Å². The van der Waals surface area contributed by atoms with Crippen molar-refractivity contribution in [2.24, 2.45) is 0 Å². The Morgan fingerprint density at radius 2 is 1.57 bits per heavy atom. The third-order valence-electron chi connectivity index (χ3n) is 4.68. The lowest BCUT2D eigenvalue weighted by molar-refractivity contribution is 0.868. The molecule has 2 aliphatic carbocycles. The molecule has 0 saturated carbocycles. The summed E-state index contributed by atoms with van der Waals surface area (Å²) in [4.78, 5) is 0. The van der Waals surface area contributed by atoms with Crippen LogP contribution < -0.4 is 5.73 Å². The van der Waals surface area contributed by atoms with Crippen molar-refractivity contribution in [2.75, 3.05) is 5.73 Å². The van der Waals surface area contributed by atoms with Crippen molar-refractivity contribution >= 4 is 5.69 Å². The van der Waals surface area contributed by atoms with E-state index in [2.05, 4.69) is 64.1 Å². The van der Waals surface area contributed by atoms with Gasteiger partial charge in [-0.1, -0.05) is 50.2 Å². The fourth-order valence-electron chi connectivity index (χ4n) is 3.31. The van der Waals surface area contributed by atoms with E-state index in [-0.39, 0.29) is 0 Å². The number of hydrogen-bond acceptors (Lipinski definition) is 1. The van der Waals surface area contributed by atoms with Gasteiger partial charge in [-0.25, -0.2) is 0 Å². The second-order valence-corrected chi connectivity index (χ2v) is 6.88. The molecule has 1 aromatic rings. The molecule has 3 rings (SSSR count). The minimum atomic E-state index is 0.542. The first-order valence-corrected chi connectivity index (χ1v) is 8.33. The monoisotopic (exact) mass is 303 g/mol. The molecule has 0 spiro atoms. The van der Waals surface area contributed by atoms with Crippen molar-refractivity contribution in [3.8, 4) is 11.1 Å². The van der Waals surface area contributed by atoms with Gasteiger partial charge in [0, 0.05) is 5.69 Å². The molecule has 1 nitrogen and oxygen atoms in total. The van der Waals surface area contributed by atoms with E-state index in [9.17, 15) is 0 Å². The average Bonchev–Trinajstić information content (AvgIpc) is 2.69. The number of rotatable bonds is 3. The van der Waals surface area contributed by atoms with Gasteiger partial charge in [0.25, 0.3) is 0 Å². The largest absolute Gasteiger partial charge is 0.399 e. The van der Waals surface area contributed by atoms with Gasteiger partial charge in [0.2, 0.25) is 0 Å². The number of nitrogen functional groups attached to an aromatic ring is 1. The summed E-state index contributed by atoms with van der Waals surface area (Å²) in [5, 5.41) is 0. The summed E-state index contributed by atoms with van der Waals surface area (Å²) in [7, 11) is 0. The molecule has 1 aromatic carbocycles. The molecule has 0 saturated heterocycles. The standard InChI is InChI=1S/C22H25N/c1-14(2)18-8-5-15(3)22-19(11-16(4)21(22)13-18)12-17-6-9-20(23)10-7-17/h5-11,13-14H,12,23H2,1-4H3. The quantitative estimate of drug-likeness (QED) is 0.617. The van der Waals surface area contributed by atoms with Crippen LogP contribution in [0.1, 0.15) is 47.6 Å². The van der Waals surface area contributed by atoms with E-state index < -0.39 is 0 Å². The normalized spacial score (nSPS) is 11.3. The predicted octanol–water partition coefficient (Wildman–Crippen LogP) is 5.70. The third kappa shape index (κ3) is 3.10. The van der Waals surface area contributed by atoms with E-state index in [0.29, 0.717) is 5.92 Å². The summed E-state index contributed by atoms with van der Waals surface area (Å²) < 4.78 is 0. The van der Waals surface area contributed by atoms with Gasteiger partial charge in [-0.3, -0.25) is 0 Å². The lowest BCUT2D eigenvalue weighted by Gasteiger charge is -2.07. The molecule has 2 N–H and O–H groups in total. The van der Waals surface area contributed by atoms with E-state index in [1.54, 1.807) is 0 Å². The van der Waals surface area contributed by atoms with Crippen LogP contribution in [0.4, 0.5) is 5.69 Å². The second-order valence-electron chi connectivity index (χ2n) is 6.88. The van der Waals surface area contributed by atoms with Gasteiger partial charge in [-0.2, -0.15) is 0 Å². The van der Waals surface area contributed by atoms with Gasteiger partial charge in [0.15, 0.2) is 0 Å². The van der Waals surface area contributed by atoms with Crippen molar-refractivity contribution in [3.05, 3.63) is 76.3 Å². The lowest BCUT2D eigenvalue weighted by Crippen LogP contribution is -1.90. The maximum absolute atomic E-state index is 5.80. The van der Waals surface area contributed by atoms with Crippen LogP contribution in [0.2, 0.25) is 0 Å². The number of benzene rings is 1. The third-order valence-corrected chi connectivity index (χ3v) is 4.68. The van der Waals surface area contributed by atoms with Crippen molar-refractivity contribution in [3.63, 3.8) is 0 Å². The molecular formula is C22H25N. The molecule has 118 valence electrons. The van der Waals surface area contributed by atoms with Crippen molar-refractivity contribution in [1.82, 2.24) is 0 Å². The molecule has 0 amide bonds. The molecule has 2 aliphatic rings. The molecule has 23 heavy (non-hydrogen) atoms. The van der Waals surface area contributed by atoms with Gasteiger partial charge in [0.1, 0.15) is 0 Å². The smallest absolute Gasteiger partial charge is 0.0314 e. The molecule has 0 radical (unpaired) electrons. The Kier molecular flexibility index (Phi) is 4.12. The van der Waals surface area contributed by atoms with Crippen molar-refractivity contribution < 1.29 is 0 Å². The molecule has 0 aromatic heterocycles. The van der Waals surface area contributed by atoms with Crippen LogP contribution in [0.5, 0.6) is 0 Å². The van der Waals surface area contributed by atoms with E-state index in [0.717, 1.165) is 12.1 Å². The molecular weight excluding hydrogens is 278 g/mol. The van der Waals surface area contributed by atoms with E-state index in [4.69, 9.17) is 5.73 Å². The van der Waals surface area contributed by atoms with Gasteiger partial charge in [-0.15, -0.1) is 0 Å². The zero-order valence-electron chi connectivity index (χ0n) is 14.5. The first kappa shape index (κ1) is 15.6. The summed E-state index contributed by atoms with van der Waals surface area (Å²) in [6.45, 7) is 8.95. The van der Waals surface area contributed by atoms with Crippen LogP contribution in [0.15, 0.2) is 48.5 Å². The zero-order valence-corrected chi connectivity index (χ0v) is 14.5. The fraction of sp³-hybridized carbons (Fsp3) is 0.273. The number of nitrogens with two attached hydrogens (primary N) is 1. The average molecular weight is 303 g/mol. The van der Waals surface area contributed by atoms with Gasteiger partial charge in [-0.05, 0) is 77.3 Å². The Hall–Kier alpha value is -2.28. The molecule has 0 atom stereocenters. The predicted molar refractivity (Wildman–Crippen MR) is 100 cm³/mol. The van der Waals surface area contributed by atoms with E-state index in [1.165, 1.54) is 38.9 Å². The second kappa shape index (κ2) is 6.08. The summed E-state index contributed by atoms with van der Waals surface area (Å²) in [6, 6.07) is 17.5. The summed E-state index contributed by atoms with van der Waals surface area (Å²) >= 11 is 0. The first-order valence-electron chi connectivity index (χ1n) is 8.33. The highest BCUT2D eigenvalue weighted by Gasteiger charge is 2.16. The summed E-state index contributed by atoms with van der Waals surface area (Å²) in [5.74, 6) is 0.542. The highest BCUT2D eigenvalue weighted by atomic mass is 14.5. The van der Waals surface area contributed by atoms with Crippen LogP contribution >= 0.6 is 0 Å². The van der Waals surface area contributed by atoms with E-state index >= 15 is 0 Å². The first-order chi connectivity index (χ1) is 11.0. The van der Waals surface area contributed by atoms with Crippen LogP contribution in [0.25, 0.3) is 11.1 Å². The fourth-order valence-corrected chi connectivity index (χ4v) is 3.31. The van der Waals surface area contributed by atoms with Crippen LogP contribution in [0.3, 0.4) is 0 Å². The van der Waals surface area contributed by atoms with Crippen LogP contribution in [0, 0.1) is 13.8 Å². The number of anilines is 1. The maximum atomic E-state index is 5.80. The molecule has 0 heterocycles. The highest BCUT2D eigenvalue weighted by molar-refractivity contribution is 5.78. The highest BCUT2D eigenvalue weighted by Crippen LogP contribution is 2.37. The van der Waals surface area contributed by atoms with Gasteiger partial charge < -0.3 is 5.73 Å². The molecule has 0 fully saturated rings. The SMILES string of the molecule is Cc1cc(Cc2ccc(N)cc2)c2c(C)ccc(C(C)C)cc1-2. The van der Waals surface area contributed by atoms with Crippen LogP contribution in [-0.4, -0.2) is 0 Å². The summed E-state index contributed by atoms with van der Waals surface area (Å²) in [6.07, 6.45) is 0.951. The Morgan fingerprint density at radius 3 is 2.22 bits per heavy atom. The van der Waals surface area contributed by atoms with Gasteiger partial charge in [0.05, 0.1) is 0 Å².